The number of alkyl halides is 3. The first-order valence-corrected chi connectivity index (χ1v) is 15.8. The van der Waals surface area contributed by atoms with Gasteiger partial charge >= 0.3 is 0 Å². The van der Waals surface area contributed by atoms with Gasteiger partial charge in [0.25, 0.3) is 6.43 Å². The predicted molar refractivity (Wildman–Crippen MR) is 153 cm³/mol. The summed E-state index contributed by atoms with van der Waals surface area (Å²) in [6.07, 6.45) is 2.08. The third kappa shape index (κ3) is 5.95. The van der Waals surface area contributed by atoms with Crippen LogP contribution in [0.1, 0.15) is 67.7 Å². The first kappa shape index (κ1) is 32.0. The minimum absolute atomic E-state index is 0.0319. The van der Waals surface area contributed by atoms with E-state index < -0.39 is 62.9 Å². The van der Waals surface area contributed by atoms with Crippen LogP contribution in [-0.2, 0) is 21.4 Å². The summed E-state index contributed by atoms with van der Waals surface area (Å²) in [6.45, 7) is 2.62. The van der Waals surface area contributed by atoms with E-state index in [9.17, 15) is 35.2 Å². The minimum Gasteiger partial charge on any atom is -0.305 e. The van der Waals surface area contributed by atoms with Gasteiger partial charge in [-0.05, 0) is 48.9 Å². The number of hydrogen-bond donors (Lipinski definition) is 0. The number of halogens is 6. The van der Waals surface area contributed by atoms with Crippen molar-refractivity contribution >= 4 is 21.6 Å². The molecule has 3 aliphatic rings. The molecular weight excluding hydrogens is 608 g/mol. The van der Waals surface area contributed by atoms with Gasteiger partial charge in [0.15, 0.2) is 17.8 Å². The summed E-state index contributed by atoms with van der Waals surface area (Å²) in [5.74, 6) is -8.77. The Morgan fingerprint density at radius 1 is 1.07 bits per heavy atom. The Morgan fingerprint density at radius 2 is 1.80 bits per heavy atom. The van der Waals surface area contributed by atoms with E-state index in [4.69, 9.17) is 0 Å². The van der Waals surface area contributed by atoms with Crippen molar-refractivity contribution < 1.29 is 39.6 Å². The van der Waals surface area contributed by atoms with E-state index in [2.05, 4.69) is 11.6 Å². The van der Waals surface area contributed by atoms with Gasteiger partial charge in [-0.25, -0.2) is 34.8 Å². The van der Waals surface area contributed by atoms with Gasteiger partial charge in [0.05, 0.1) is 18.2 Å². The highest BCUT2D eigenvalue weighted by Gasteiger charge is 2.51. The lowest BCUT2D eigenvalue weighted by atomic mass is 9.85. The summed E-state index contributed by atoms with van der Waals surface area (Å²) in [5, 5.41) is 0. The second kappa shape index (κ2) is 12.9. The van der Waals surface area contributed by atoms with Crippen LogP contribution in [0.2, 0.25) is 0 Å². The lowest BCUT2D eigenvalue weighted by Crippen LogP contribution is -2.59. The van der Waals surface area contributed by atoms with E-state index in [1.807, 2.05) is 6.07 Å². The molecule has 2 unspecified atom stereocenters. The van der Waals surface area contributed by atoms with Crippen molar-refractivity contribution in [3.63, 3.8) is 0 Å². The monoisotopic (exact) mass is 639 g/mol. The molecule has 1 aromatic carbocycles. The standard InChI is InChI=1S/C31H31F6N3O3S/c1-2-23-25(32)27(34)28(35)29(26(23)33)44(42,43)40-14-13-24(40)31(41)39(22-10-6-9-19(15-22)30(36)37)17-21-12-11-20(16-38-21)18-7-4-3-5-8-18/h2,6,9-12,15-16,18,23-24,26,30H,1,3-5,7-8,13-14,17H2/t23?,24-,26?/m1/s1. The molecule has 2 aliphatic carbocycles. The Hall–Kier alpha value is -3.45. The first-order chi connectivity index (χ1) is 20.9. The molecule has 6 nitrogen and oxygen atoms in total. The van der Waals surface area contributed by atoms with Crippen molar-refractivity contribution in [1.82, 2.24) is 9.29 Å². The van der Waals surface area contributed by atoms with Crippen molar-refractivity contribution in [2.45, 2.75) is 69.6 Å². The van der Waals surface area contributed by atoms with Crippen molar-refractivity contribution in [3.05, 3.63) is 94.5 Å². The van der Waals surface area contributed by atoms with E-state index in [1.54, 1.807) is 12.3 Å². The number of amides is 1. The zero-order valence-electron chi connectivity index (χ0n) is 23.6. The van der Waals surface area contributed by atoms with Crippen LogP contribution in [-0.4, -0.2) is 42.4 Å². The van der Waals surface area contributed by atoms with Gasteiger partial charge in [-0.3, -0.25) is 9.78 Å². The SMILES string of the molecule is C=CC1C(F)=C(F)C(F)=C(S(=O)(=O)N2CC[C@@H]2C(=O)N(Cc2ccc(C3CCCCC3)cn2)c2cccc(C(F)F)c2)C1F. The molecule has 2 aromatic rings. The van der Waals surface area contributed by atoms with Crippen LogP contribution in [0.5, 0.6) is 0 Å². The summed E-state index contributed by atoms with van der Waals surface area (Å²) in [6, 6.07) is 7.10. The Balaban J connectivity index is 1.46. The highest BCUT2D eigenvalue weighted by molar-refractivity contribution is 7.93. The van der Waals surface area contributed by atoms with E-state index in [0.717, 1.165) is 42.2 Å². The van der Waals surface area contributed by atoms with Crippen LogP contribution >= 0.6 is 0 Å². The smallest absolute Gasteiger partial charge is 0.263 e. The van der Waals surface area contributed by atoms with Crippen LogP contribution in [0.3, 0.4) is 0 Å². The minimum atomic E-state index is -5.15. The maximum atomic E-state index is 15.1. The van der Waals surface area contributed by atoms with E-state index in [0.29, 0.717) is 22.0 Å². The zero-order chi connectivity index (χ0) is 31.8. The molecule has 3 atom stereocenters. The number of sulfonamides is 1. The molecule has 1 amide bonds. The van der Waals surface area contributed by atoms with Crippen LogP contribution in [0, 0.1) is 5.92 Å². The molecule has 1 saturated heterocycles. The fourth-order valence-electron chi connectivity index (χ4n) is 5.95. The largest absolute Gasteiger partial charge is 0.305 e. The lowest BCUT2D eigenvalue weighted by Gasteiger charge is -2.42. The second-order valence-corrected chi connectivity index (χ2v) is 13.0. The van der Waals surface area contributed by atoms with E-state index >= 15 is 4.39 Å². The fraction of sp³-hybridized carbons (Fsp3) is 0.419. The number of hydrogen-bond acceptors (Lipinski definition) is 4. The first-order valence-electron chi connectivity index (χ1n) is 14.3. The maximum Gasteiger partial charge on any atom is 0.263 e. The number of benzene rings is 1. The number of rotatable bonds is 9. The number of aromatic nitrogens is 1. The molecule has 1 saturated carbocycles. The molecule has 5 rings (SSSR count). The molecule has 44 heavy (non-hydrogen) atoms. The molecule has 13 heteroatoms. The average molecular weight is 640 g/mol. The number of nitrogens with zero attached hydrogens (tertiary/aromatic N) is 3. The maximum absolute atomic E-state index is 15.1. The molecule has 2 fully saturated rings. The zero-order valence-corrected chi connectivity index (χ0v) is 24.4. The van der Waals surface area contributed by atoms with E-state index in [1.165, 1.54) is 24.6 Å². The van der Waals surface area contributed by atoms with Gasteiger partial charge in [-0.1, -0.05) is 43.5 Å². The number of carbonyl (C=O) groups excluding carboxylic acids is 1. The van der Waals surface area contributed by atoms with Gasteiger partial charge in [-0.2, -0.15) is 4.31 Å². The molecule has 0 N–H and O–H groups in total. The van der Waals surface area contributed by atoms with Crippen LogP contribution in [0.15, 0.2) is 77.6 Å². The lowest BCUT2D eigenvalue weighted by molar-refractivity contribution is -0.125. The van der Waals surface area contributed by atoms with Crippen molar-refractivity contribution in [2.75, 3.05) is 11.4 Å². The van der Waals surface area contributed by atoms with Crippen molar-refractivity contribution in [1.29, 1.82) is 0 Å². The Bertz CT molecular complexity index is 1590. The molecule has 2 heterocycles. The van der Waals surface area contributed by atoms with Gasteiger partial charge < -0.3 is 4.90 Å². The summed E-state index contributed by atoms with van der Waals surface area (Å²) in [5.41, 5.74) is 1.09. The van der Waals surface area contributed by atoms with Gasteiger partial charge in [0, 0.05) is 24.0 Å². The fourth-order valence-corrected chi connectivity index (χ4v) is 7.82. The third-order valence-corrected chi connectivity index (χ3v) is 10.5. The summed E-state index contributed by atoms with van der Waals surface area (Å²) in [7, 11) is -5.15. The molecule has 0 spiro atoms. The Morgan fingerprint density at radius 3 is 2.39 bits per heavy atom. The highest BCUT2D eigenvalue weighted by Crippen LogP contribution is 2.44. The molecule has 1 aliphatic heterocycles. The van der Waals surface area contributed by atoms with Gasteiger partial charge in [0.2, 0.25) is 15.9 Å². The van der Waals surface area contributed by atoms with Crippen LogP contribution in [0.25, 0.3) is 0 Å². The highest BCUT2D eigenvalue weighted by atomic mass is 32.2. The van der Waals surface area contributed by atoms with Crippen LogP contribution in [0.4, 0.5) is 32.0 Å². The Labute approximate surface area is 251 Å². The van der Waals surface area contributed by atoms with Gasteiger partial charge in [0.1, 0.15) is 16.8 Å². The number of anilines is 1. The predicted octanol–water partition coefficient (Wildman–Crippen LogP) is 7.49. The summed E-state index contributed by atoms with van der Waals surface area (Å²) in [4.78, 5) is 17.8. The van der Waals surface area contributed by atoms with Crippen molar-refractivity contribution in [3.8, 4) is 0 Å². The molecule has 0 bridgehead atoms. The summed E-state index contributed by atoms with van der Waals surface area (Å²) < 4.78 is 113. The number of pyridine rings is 1. The van der Waals surface area contributed by atoms with Gasteiger partial charge in [-0.15, -0.1) is 6.58 Å². The van der Waals surface area contributed by atoms with Crippen molar-refractivity contribution in [2.24, 2.45) is 5.92 Å². The third-order valence-electron chi connectivity index (χ3n) is 8.52. The second-order valence-electron chi connectivity index (χ2n) is 11.2. The molecular formula is C31H31F6N3O3S. The molecule has 1 aromatic heterocycles. The molecule has 0 radical (unpaired) electrons. The van der Waals surface area contributed by atoms with E-state index in [-0.39, 0.29) is 30.8 Å². The number of carbonyl (C=O) groups is 1. The normalized spacial score (nSPS) is 23.6. The summed E-state index contributed by atoms with van der Waals surface area (Å²) >= 11 is 0. The Kier molecular flexibility index (Phi) is 9.36. The van der Waals surface area contributed by atoms with Crippen LogP contribution < -0.4 is 4.90 Å². The quantitative estimate of drug-likeness (QED) is 0.211. The number of allylic oxidation sites excluding steroid dienone is 5. The topological polar surface area (TPSA) is 70.6 Å². The molecule has 236 valence electrons. The average Bonchev–Trinajstić information content (AvgIpc) is 2.99.